The lowest BCUT2D eigenvalue weighted by atomic mass is 10.0. The lowest BCUT2D eigenvalue weighted by molar-refractivity contribution is 0.628. The molecule has 1 N–H and O–H groups in total. The smallest absolute Gasteiger partial charge is 0.123 e. The molecule has 1 aliphatic heterocycles. The number of nitrogens with one attached hydrogen (secondary N) is 1. The summed E-state index contributed by atoms with van der Waals surface area (Å²) in [6.45, 7) is 0.695. The molecule has 3 aromatic rings. The first-order valence-corrected chi connectivity index (χ1v) is 7.64. The standard InChI is InChI=1S/C19H15FN4/c20-16-5-3-14(4-6-16)18-10-19(24-9-8-22-13-24)17(12-23-18)15-2-1-7-21-11-15/h1-12,22H,13H2. The van der Waals surface area contributed by atoms with E-state index in [-0.39, 0.29) is 5.82 Å². The molecule has 0 radical (unpaired) electrons. The minimum Gasteiger partial charge on any atom is -0.372 e. The van der Waals surface area contributed by atoms with Crippen molar-refractivity contribution in [1.82, 2.24) is 15.3 Å². The zero-order chi connectivity index (χ0) is 16.4. The Bertz CT molecular complexity index is 876. The minimum atomic E-state index is -0.252. The Hall–Kier alpha value is -3.21. The molecule has 1 aromatic carbocycles. The average molecular weight is 318 g/mol. The van der Waals surface area contributed by atoms with Crippen LogP contribution in [0.5, 0.6) is 0 Å². The zero-order valence-electron chi connectivity index (χ0n) is 12.9. The SMILES string of the molecule is Fc1ccc(-c2cc(N3C=CNC3)c(-c3cccnc3)cn2)cc1. The fourth-order valence-corrected chi connectivity index (χ4v) is 2.72. The number of rotatable bonds is 3. The molecule has 5 heteroatoms. The van der Waals surface area contributed by atoms with Gasteiger partial charge in [-0.3, -0.25) is 9.97 Å². The highest BCUT2D eigenvalue weighted by Gasteiger charge is 2.15. The number of halogens is 1. The van der Waals surface area contributed by atoms with Crippen molar-refractivity contribution in [2.75, 3.05) is 11.6 Å². The molecule has 0 saturated carbocycles. The second kappa shape index (κ2) is 6.12. The van der Waals surface area contributed by atoms with E-state index in [9.17, 15) is 4.39 Å². The van der Waals surface area contributed by atoms with Crippen molar-refractivity contribution in [2.24, 2.45) is 0 Å². The van der Waals surface area contributed by atoms with Crippen LogP contribution in [-0.2, 0) is 0 Å². The van der Waals surface area contributed by atoms with E-state index in [1.54, 1.807) is 18.3 Å². The predicted octanol–water partition coefficient (Wildman–Crippen LogP) is 3.79. The molecule has 0 atom stereocenters. The van der Waals surface area contributed by atoms with Crippen LogP contribution in [0.2, 0.25) is 0 Å². The molecule has 2 aromatic heterocycles. The van der Waals surface area contributed by atoms with E-state index in [0.717, 1.165) is 28.1 Å². The second-order valence-corrected chi connectivity index (χ2v) is 5.48. The number of hydrogen-bond donors (Lipinski definition) is 1. The van der Waals surface area contributed by atoms with Crippen molar-refractivity contribution in [2.45, 2.75) is 0 Å². The third-order valence-corrected chi connectivity index (χ3v) is 3.94. The van der Waals surface area contributed by atoms with Crippen LogP contribution in [0.15, 0.2) is 73.5 Å². The third-order valence-electron chi connectivity index (χ3n) is 3.94. The van der Waals surface area contributed by atoms with Crippen molar-refractivity contribution in [3.05, 3.63) is 79.3 Å². The summed E-state index contributed by atoms with van der Waals surface area (Å²) in [5, 5.41) is 3.18. The number of nitrogens with zero attached hydrogens (tertiary/aromatic N) is 3. The fourth-order valence-electron chi connectivity index (χ4n) is 2.72. The third kappa shape index (κ3) is 2.72. The van der Waals surface area contributed by atoms with Gasteiger partial charge in [-0.15, -0.1) is 0 Å². The van der Waals surface area contributed by atoms with Gasteiger partial charge in [-0.25, -0.2) is 4.39 Å². The maximum Gasteiger partial charge on any atom is 0.123 e. The van der Waals surface area contributed by atoms with Gasteiger partial charge < -0.3 is 10.2 Å². The summed E-state index contributed by atoms with van der Waals surface area (Å²) in [6, 6.07) is 12.3. The first kappa shape index (κ1) is 14.4. The van der Waals surface area contributed by atoms with Crippen LogP contribution in [0.25, 0.3) is 22.4 Å². The number of anilines is 1. The highest BCUT2D eigenvalue weighted by molar-refractivity contribution is 5.81. The van der Waals surface area contributed by atoms with Crippen LogP contribution in [0.1, 0.15) is 0 Å². The Balaban J connectivity index is 1.83. The fraction of sp³-hybridized carbons (Fsp3) is 0.0526. The van der Waals surface area contributed by atoms with Crippen LogP contribution in [0.4, 0.5) is 10.1 Å². The van der Waals surface area contributed by atoms with Crippen molar-refractivity contribution < 1.29 is 4.39 Å². The molecule has 4 nitrogen and oxygen atoms in total. The van der Waals surface area contributed by atoms with Gasteiger partial charge in [0.15, 0.2) is 0 Å². The monoisotopic (exact) mass is 318 g/mol. The van der Waals surface area contributed by atoms with Crippen molar-refractivity contribution in [3.8, 4) is 22.4 Å². The Morgan fingerprint density at radius 2 is 1.92 bits per heavy atom. The number of pyridine rings is 2. The van der Waals surface area contributed by atoms with Gasteiger partial charge in [-0.1, -0.05) is 6.07 Å². The Morgan fingerprint density at radius 1 is 1.04 bits per heavy atom. The van der Waals surface area contributed by atoms with E-state index < -0.39 is 0 Å². The first-order valence-electron chi connectivity index (χ1n) is 7.64. The maximum absolute atomic E-state index is 13.2. The summed E-state index contributed by atoms with van der Waals surface area (Å²) in [5.74, 6) is -0.252. The van der Waals surface area contributed by atoms with Gasteiger partial charge in [0.1, 0.15) is 5.82 Å². The van der Waals surface area contributed by atoms with Crippen LogP contribution in [-0.4, -0.2) is 16.6 Å². The first-order chi connectivity index (χ1) is 11.8. The normalized spacial score (nSPS) is 13.1. The van der Waals surface area contributed by atoms with Crippen LogP contribution < -0.4 is 10.2 Å². The molecule has 0 aliphatic carbocycles. The number of hydrogen-bond acceptors (Lipinski definition) is 4. The van der Waals surface area contributed by atoms with Gasteiger partial charge in [0.2, 0.25) is 0 Å². The van der Waals surface area contributed by atoms with Crippen LogP contribution >= 0.6 is 0 Å². The lowest BCUT2D eigenvalue weighted by Gasteiger charge is -2.20. The molecule has 0 unspecified atom stereocenters. The van der Waals surface area contributed by atoms with E-state index in [2.05, 4.69) is 20.2 Å². The van der Waals surface area contributed by atoms with Crippen molar-refractivity contribution in [1.29, 1.82) is 0 Å². The zero-order valence-corrected chi connectivity index (χ0v) is 12.9. The largest absolute Gasteiger partial charge is 0.372 e. The summed E-state index contributed by atoms with van der Waals surface area (Å²) < 4.78 is 13.2. The summed E-state index contributed by atoms with van der Waals surface area (Å²) in [4.78, 5) is 10.9. The van der Waals surface area contributed by atoms with Gasteiger partial charge in [-0.05, 0) is 36.4 Å². The highest BCUT2D eigenvalue weighted by Crippen LogP contribution is 2.33. The second-order valence-electron chi connectivity index (χ2n) is 5.48. The van der Waals surface area contributed by atoms with Gasteiger partial charge in [0.05, 0.1) is 18.1 Å². The molecule has 24 heavy (non-hydrogen) atoms. The molecule has 0 spiro atoms. The molecule has 1 aliphatic rings. The van der Waals surface area contributed by atoms with Gasteiger partial charge in [-0.2, -0.15) is 0 Å². The molecule has 4 rings (SSSR count). The number of benzene rings is 1. The Morgan fingerprint density at radius 3 is 2.62 bits per heavy atom. The van der Waals surface area contributed by atoms with E-state index in [1.165, 1.54) is 12.1 Å². The van der Waals surface area contributed by atoms with Crippen LogP contribution in [0, 0.1) is 5.82 Å². The minimum absolute atomic E-state index is 0.252. The summed E-state index contributed by atoms with van der Waals surface area (Å²) in [6.07, 6.45) is 9.32. The van der Waals surface area contributed by atoms with Gasteiger partial charge >= 0.3 is 0 Å². The molecule has 0 bridgehead atoms. The summed E-state index contributed by atoms with van der Waals surface area (Å²) in [5.41, 5.74) is 4.72. The topological polar surface area (TPSA) is 41.0 Å². The molecule has 118 valence electrons. The van der Waals surface area contributed by atoms with E-state index in [0.29, 0.717) is 6.67 Å². The maximum atomic E-state index is 13.2. The quantitative estimate of drug-likeness (QED) is 0.798. The lowest BCUT2D eigenvalue weighted by Crippen LogP contribution is -2.20. The Labute approximate surface area is 139 Å². The van der Waals surface area contributed by atoms with E-state index >= 15 is 0 Å². The molecular formula is C19H15FN4. The van der Waals surface area contributed by atoms with Crippen molar-refractivity contribution in [3.63, 3.8) is 0 Å². The van der Waals surface area contributed by atoms with Crippen LogP contribution in [0.3, 0.4) is 0 Å². The molecule has 0 fully saturated rings. The molecule has 0 saturated heterocycles. The summed E-state index contributed by atoms with van der Waals surface area (Å²) in [7, 11) is 0. The van der Waals surface area contributed by atoms with Gasteiger partial charge in [0, 0.05) is 47.7 Å². The number of aromatic nitrogens is 2. The Kier molecular flexibility index (Phi) is 3.67. The average Bonchev–Trinajstić information content (AvgIpc) is 3.17. The van der Waals surface area contributed by atoms with E-state index in [1.807, 2.05) is 43.0 Å². The molecule has 3 heterocycles. The molecule has 0 amide bonds. The predicted molar refractivity (Wildman–Crippen MR) is 92.5 cm³/mol. The summed E-state index contributed by atoms with van der Waals surface area (Å²) >= 11 is 0. The molecular weight excluding hydrogens is 303 g/mol. The van der Waals surface area contributed by atoms with Gasteiger partial charge in [0.25, 0.3) is 0 Å². The van der Waals surface area contributed by atoms with Crippen molar-refractivity contribution >= 4 is 5.69 Å². The van der Waals surface area contributed by atoms with E-state index in [4.69, 9.17) is 0 Å². The highest BCUT2D eigenvalue weighted by atomic mass is 19.1.